The molecule has 8 nitrogen and oxygen atoms in total. The molecule has 0 fully saturated rings. The molecule has 3 aromatic heterocycles. The Kier molecular flexibility index (Phi) is 6.46. The first kappa shape index (κ1) is 22.4. The van der Waals surface area contributed by atoms with Crippen LogP contribution in [-0.4, -0.2) is 42.1 Å². The average Bonchev–Trinajstić information content (AvgIpc) is 3.63. The van der Waals surface area contributed by atoms with Crippen LogP contribution in [0.2, 0.25) is 5.02 Å². The van der Waals surface area contributed by atoms with Crippen molar-refractivity contribution in [2.45, 2.75) is 31.1 Å². The summed E-state index contributed by atoms with van der Waals surface area (Å²) in [6.07, 6.45) is 5.61. The summed E-state index contributed by atoms with van der Waals surface area (Å²) in [6.45, 7) is 2.70. The van der Waals surface area contributed by atoms with Crippen LogP contribution in [0.25, 0.3) is 11.4 Å². The zero-order valence-corrected chi connectivity index (χ0v) is 19.9. The van der Waals surface area contributed by atoms with Crippen molar-refractivity contribution in [3.05, 3.63) is 83.5 Å². The number of benzene rings is 1. The van der Waals surface area contributed by atoms with E-state index < -0.39 is 0 Å². The van der Waals surface area contributed by atoms with Crippen molar-refractivity contribution in [2.75, 3.05) is 5.75 Å². The Labute approximate surface area is 205 Å². The van der Waals surface area contributed by atoms with Crippen LogP contribution in [0.3, 0.4) is 0 Å². The van der Waals surface area contributed by atoms with E-state index in [1.165, 1.54) is 16.8 Å². The summed E-state index contributed by atoms with van der Waals surface area (Å²) in [6, 6.07) is 14.6. The molecule has 172 valence electrons. The third kappa shape index (κ3) is 4.49. The molecular weight excluding hydrogens is 472 g/mol. The molecule has 0 N–H and O–H groups in total. The summed E-state index contributed by atoms with van der Waals surface area (Å²) in [5.74, 6) is 1.48. The van der Waals surface area contributed by atoms with Gasteiger partial charge in [0.15, 0.2) is 11.0 Å². The Morgan fingerprint density at radius 3 is 2.62 bits per heavy atom. The zero-order valence-electron chi connectivity index (χ0n) is 18.3. The molecule has 34 heavy (non-hydrogen) atoms. The van der Waals surface area contributed by atoms with Crippen molar-refractivity contribution < 1.29 is 9.21 Å². The Bertz CT molecular complexity index is 1310. The van der Waals surface area contributed by atoms with Gasteiger partial charge in [-0.15, -0.1) is 10.2 Å². The number of hydrogen-bond acceptors (Lipinski definition) is 7. The Hall–Kier alpha value is -3.43. The van der Waals surface area contributed by atoms with Crippen LogP contribution in [0.15, 0.2) is 81.9 Å². The molecule has 4 aromatic rings. The number of nitrogens with zero attached hydrogens (tertiary/aromatic N) is 6. The molecule has 1 aliphatic heterocycles. The number of hydrogen-bond donors (Lipinski definition) is 0. The lowest BCUT2D eigenvalue weighted by Gasteiger charge is -2.19. The molecule has 0 spiro atoms. The van der Waals surface area contributed by atoms with Gasteiger partial charge in [0, 0.05) is 35.9 Å². The monoisotopic (exact) mass is 492 g/mol. The zero-order chi connectivity index (χ0) is 23.5. The topological polar surface area (TPSA) is 89.4 Å². The van der Waals surface area contributed by atoms with Gasteiger partial charge in [-0.2, -0.15) is 5.10 Å². The van der Waals surface area contributed by atoms with Crippen molar-refractivity contribution in [1.82, 2.24) is 24.8 Å². The fourth-order valence-electron chi connectivity index (χ4n) is 3.85. The molecule has 0 radical (unpaired) electrons. The highest BCUT2D eigenvalue weighted by Gasteiger charge is 2.35. The molecule has 4 heterocycles. The highest BCUT2D eigenvalue weighted by atomic mass is 35.5. The smallest absolute Gasteiger partial charge is 0.253 e. The van der Waals surface area contributed by atoms with Gasteiger partial charge in [0.1, 0.15) is 11.8 Å². The van der Waals surface area contributed by atoms with E-state index in [4.69, 9.17) is 16.0 Å². The molecule has 1 aromatic carbocycles. The predicted octanol–water partition coefficient (Wildman–Crippen LogP) is 5.08. The van der Waals surface area contributed by atoms with Gasteiger partial charge in [0.25, 0.3) is 5.91 Å². The van der Waals surface area contributed by atoms with E-state index in [-0.39, 0.29) is 17.7 Å². The number of aromatic nitrogens is 4. The number of hydrazone groups is 1. The maximum atomic E-state index is 13.3. The van der Waals surface area contributed by atoms with Gasteiger partial charge in [-0.3, -0.25) is 9.78 Å². The van der Waals surface area contributed by atoms with E-state index in [1.807, 2.05) is 60.0 Å². The molecule has 0 unspecified atom stereocenters. The van der Waals surface area contributed by atoms with Crippen molar-refractivity contribution >= 4 is 35.0 Å². The molecule has 1 aliphatic rings. The van der Waals surface area contributed by atoms with E-state index in [1.54, 1.807) is 18.7 Å². The van der Waals surface area contributed by atoms with Gasteiger partial charge in [0.2, 0.25) is 0 Å². The number of carbonyl (C=O) groups is 1. The van der Waals surface area contributed by atoms with Gasteiger partial charge >= 0.3 is 0 Å². The van der Waals surface area contributed by atoms with Crippen molar-refractivity contribution in [1.29, 1.82) is 0 Å². The first-order valence-electron chi connectivity index (χ1n) is 10.8. The summed E-state index contributed by atoms with van der Waals surface area (Å²) in [7, 11) is 0. The summed E-state index contributed by atoms with van der Waals surface area (Å²) in [4.78, 5) is 17.4. The predicted molar refractivity (Wildman–Crippen MR) is 131 cm³/mol. The maximum absolute atomic E-state index is 13.3. The van der Waals surface area contributed by atoms with Crippen molar-refractivity contribution in [3.63, 3.8) is 0 Å². The normalized spacial score (nSPS) is 15.5. The Balaban J connectivity index is 1.36. The van der Waals surface area contributed by atoms with Crippen molar-refractivity contribution in [2.24, 2.45) is 5.10 Å². The molecule has 0 saturated carbocycles. The van der Waals surface area contributed by atoms with Gasteiger partial charge in [-0.25, -0.2) is 5.01 Å². The van der Waals surface area contributed by atoms with Crippen LogP contribution in [0.4, 0.5) is 0 Å². The number of thioether (sulfide) groups is 1. The van der Waals surface area contributed by atoms with Crippen LogP contribution >= 0.6 is 23.4 Å². The summed E-state index contributed by atoms with van der Waals surface area (Å²) in [5, 5.41) is 16.2. The minimum Gasteiger partial charge on any atom is -0.467 e. The van der Waals surface area contributed by atoms with Gasteiger partial charge in [-0.05, 0) is 48.9 Å². The number of amides is 1. The molecule has 0 bridgehead atoms. The van der Waals surface area contributed by atoms with E-state index >= 15 is 0 Å². The fraction of sp³-hybridized carbons (Fsp3) is 0.208. The van der Waals surface area contributed by atoms with Gasteiger partial charge in [0.05, 0.1) is 17.7 Å². The van der Waals surface area contributed by atoms with Crippen LogP contribution in [0.1, 0.15) is 30.7 Å². The fourth-order valence-corrected chi connectivity index (χ4v) is 4.83. The number of rotatable bonds is 7. The molecule has 1 atom stereocenters. The van der Waals surface area contributed by atoms with Gasteiger partial charge in [-0.1, -0.05) is 35.5 Å². The SMILES string of the molecule is CCn1c(SCC(=O)N2N=C(c3ccc(Cl)cc3)C[C@@H]2c2ccco2)nnc1-c1ccncc1. The average molecular weight is 493 g/mol. The molecule has 0 aliphatic carbocycles. The standard InChI is InChI=1S/C24H21ClN6O2S/c1-2-30-23(17-9-11-26-12-10-17)27-28-24(30)34-15-22(32)31-20(21-4-3-13-33-21)14-19(29-31)16-5-7-18(25)8-6-16/h3-13,20H,2,14-15H2,1H3/t20-/m1/s1. The maximum Gasteiger partial charge on any atom is 0.253 e. The third-order valence-corrected chi connectivity index (χ3v) is 6.71. The Morgan fingerprint density at radius 2 is 1.91 bits per heavy atom. The number of carbonyl (C=O) groups excluding carboxylic acids is 1. The summed E-state index contributed by atoms with van der Waals surface area (Å²) >= 11 is 7.38. The lowest BCUT2D eigenvalue weighted by molar-refractivity contribution is -0.130. The number of furan rings is 1. The lowest BCUT2D eigenvalue weighted by Crippen LogP contribution is -2.28. The first-order chi connectivity index (χ1) is 16.6. The Morgan fingerprint density at radius 1 is 1.12 bits per heavy atom. The van der Waals surface area contributed by atoms with Crippen LogP contribution in [-0.2, 0) is 11.3 Å². The molecular formula is C24H21ClN6O2S. The van der Waals surface area contributed by atoms with E-state index in [2.05, 4.69) is 20.3 Å². The highest BCUT2D eigenvalue weighted by Crippen LogP contribution is 2.34. The molecule has 10 heteroatoms. The van der Waals surface area contributed by atoms with E-state index in [0.717, 1.165) is 22.7 Å². The molecule has 1 amide bonds. The summed E-state index contributed by atoms with van der Waals surface area (Å²) < 4.78 is 7.62. The number of halogens is 1. The first-order valence-corrected chi connectivity index (χ1v) is 12.2. The van der Waals surface area contributed by atoms with Crippen LogP contribution in [0.5, 0.6) is 0 Å². The molecule has 5 rings (SSSR count). The highest BCUT2D eigenvalue weighted by molar-refractivity contribution is 7.99. The number of pyridine rings is 1. The second-order valence-corrected chi connectivity index (χ2v) is 8.98. The van der Waals surface area contributed by atoms with Crippen LogP contribution < -0.4 is 0 Å². The molecule has 0 saturated heterocycles. The van der Waals surface area contributed by atoms with E-state index in [0.29, 0.717) is 28.9 Å². The second-order valence-electron chi connectivity index (χ2n) is 7.60. The van der Waals surface area contributed by atoms with Gasteiger partial charge < -0.3 is 8.98 Å². The minimum absolute atomic E-state index is 0.133. The quantitative estimate of drug-likeness (QED) is 0.334. The lowest BCUT2D eigenvalue weighted by atomic mass is 10.0. The summed E-state index contributed by atoms with van der Waals surface area (Å²) in [5.41, 5.74) is 2.67. The van der Waals surface area contributed by atoms with Crippen molar-refractivity contribution in [3.8, 4) is 11.4 Å². The third-order valence-electron chi connectivity index (χ3n) is 5.51. The largest absolute Gasteiger partial charge is 0.467 e. The van der Waals surface area contributed by atoms with Crippen LogP contribution in [0, 0.1) is 0 Å². The van der Waals surface area contributed by atoms with E-state index in [9.17, 15) is 4.79 Å². The second kappa shape index (κ2) is 9.82. The minimum atomic E-state index is -0.301.